The molecule has 0 bridgehead atoms. The Morgan fingerprint density at radius 2 is 2.19 bits per heavy atom. The van der Waals surface area contributed by atoms with E-state index >= 15 is 0 Å². The molecule has 3 rings (SSSR count). The zero-order valence-electron chi connectivity index (χ0n) is 13.1. The summed E-state index contributed by atoms with van der Waals surface area (Å²) >= 11 is 7.28. The molecule has 3 aromatic heterocycles. The lowest BCUT2D eigenvalue weighted by Crippen LogP contribution is -2.24. The molecule has 26 heavy (non-hydrogen) atoms. The third-order valence-corrected chi connectivity index (χ3v) is 4.48. The Labute approximate surface area is 155 Å². The summed E-state index contributed by atoms with van der Waals surface area (Å²) in [6.07, 6.45) is 0.0167. The molecule has 0 unspecified atom stereocenters. The Hall–Kier alpha value is -2.39. The van der Waals surface area contributed by atoms with Gasteiger partial charge in [0.25, 0.3) is 0 Å². The van der Waals surface area contributed by atoms with Gasteiger partial charge in [0, 0.05) is 30.1 Å². The molecular formula is C16H12ClF3N4OS. The number of aromatic nitrogens is 3. The maximum atomic E-state index is 13.1. The van der Waals surface area contributed by atoms with Gasteiger partial charge in [-0.25, -0.2) is 0 Å². The molecule has 1 amide bonds. The largest absolute Gasteiger partial charge is 0.420 e. The number of carbonyl (C=O) groups is 1. The van der Waals surface area contributed by atoms with Gasteiger partial charge in [0.1, 0.15) is 11.4 Å². The predicted molar refractivity (Wildman–Crippen MR) is 93.1 cm³/mol. The first-order chi connectivity index (χ1) is 12.3. The second-order valence-electron chi connectivity index (χ2n) is 5.27. The van der Waals surface area contributed by atoms with E-state index in [2.05, 4.69) is 15.5 Å². The van der Waals surface area contributed by atoms with Crippen molar-refractivity contribution in [2.75, 3.05) is 6.54 Å². The van der Waals surface area contributed by atoms with Crippen LogP contribution < -0.4 is 5.32 Å². The molecule has 10 heteroatoms. The minimum atomic E-state index is -4.59. The summed E-state index contributed by atoms with van der Waals surface area (Å²) in [4.78, 5) is 12.7. The van der Waals surface area contributed by atoms with E-state index in [0.29, 0.717) is 0 Å². The molecule has 0 aliphatic heterocycles. The van der Waals surface area contributed by atoms with Crippen LogP contribution in [0.25, 0.3) is 11.7 Å². The van der Waals surface area contributed by atoms with Crippen LogP contribution >= 0.6 is 22.9 Å². The van der Waals surface area contributed by atoms with Gasteiger partial charge in [-0.1, -0.05) is 17.7 Å². The molecule has 0 aliphatic rings. The van der Waals surface area contributed by atoms with E-state index in [4.69, 9.17) is 11.6 Å². The van der Waals surface area contributed by atoms with Crippen molar-refractivity contribution in [3.63, 3.8) is 0 Å². The standard InChI is InChI=1S/C16H12ClF3N4OS/c17-10-8-12(16(18,19)20)15-23-22-13(24(15)9-10)5-6-21-14(25)4-3-11-2-1-7-26-11/h1-4,7-9H,5-6H2,(H,21,25). The summed E-state index contributed by atoms with van der Waals surface area (Å²) in [7, 11) is 0. The minimum Gasteiger partial charge on any atom is -0.352 e. The van der Waals surface area contributed by atoms with Crippen molar-refractivity contribution >= 4 is 40.6 Å². The van der Waals surface area contributed by atoms with Gasteiger partial charge in [-0.3, -0.25) is 9.20 Å². The molecule has 0 atom stereocenters. The number of halogens is 4. The summed E-state index contributed by atoms with van der Waals surface area (Å²) in [6, 6.07) is 4.56. The van der Waals surface area contributed by atoms with E-state index in [1.165, 1.54) is 28.0 Å². The molecule has 0 saturated carbocycles. The summed E-state index contributed by atoms with van der Waals surface area (Å²) < 4.78 is 40.4. The first-order valence-corrected chi connectivity index (χ1v) is 8.70. The average Bonchev–Trinajstić information content (AvgIpc) is 3.21. The number of fused-ring (bicyclic) bond motifs is 1. The fourth-order valence-corrected chi connectivity index (χ4v) is 3.11. The van der Waals surface area contributed by atoms with Crippen LogP contribution in [-0.2, 0) is 17.4 Å². The SMILES string of the molecule is O=C(C=Cc1cccs1)NCCc1nnc2c(C(F)(F)F)cc(Cl)cn12. The Morgan fingerprint density at radius 1 is 1.38 bits per heavy atom. The second kappa shape index (κ2) is 7.46. The van der Waals surface area contributed by atoms with E-state index < -0.39 is 11.7 Å². The second-order valence-corrected chi connectivity index (χ2v) is 6.69. The molecule has 0 radical (unpaired) electrons. The quantitative estimate of drug-likeness (QED) is 0.662. The van der Waals surface area contributed by atoms with Crippen molar-refractivity contribution in [1.29, 1.82) is 0 Å². The third kappa shape index (κ3) is 4.23. The van der Waals surface area contributed by atoms with E-state index in [1.807, 2.05) is 17.5 Å². The number of nitrogens with one attached hydrogen (secondary N) is 1. The number of nitrogens with zero attached hydrogens (tertiary/aromatic N) is 3. The summed E-state index contributed by atoms with van der Waals surface area (Å²) in [5, 5.41) is 11.9. The molecule has 1 N–H and O–H groups in total. The first-order valence-electron chi connectivity index (χ1n) is 7.44. The molecular weight excluding hydrogens is 389 g/mol. The van der Waals surface area contributed by atoms with Gasteiger partial charge in [-0.15, -0.1) is 21.5 Å². The van der Waals surface area contributed by atoms with Gasteiger partial charge in [0.05, 0.1) is 5.02 Å². The van der Waals surface area contributed by atoms with Crippen molar-refractivity contribution in [2.24, 2.45) is 0 Å². The van der Waals surface area contributed by atoms with Crippen molar-refractivity contribution in [3.8, 4) is 0 Å². The molecule has 0 fully saturated rings. The molecule has 0 spiro atoms. The normalized spacial score (nSPS) is 12.2. The third-order valence-electron chi connectivity index (χ3n) is 3.44. The Morgan fingerprint density at radius 3 is 2.88 bits per heavy atom. The number of pyridine rings is 1. The average molecular weight is 401 g/mol. The zero-order chi connectivity index (χ0) is 18.7. The van der Waals surface area contributed by atoms with Crippen LogP contribution in [0.2, 0.25) is 5.02 Å². The lowest BCUT2D eigenvalue weighted by atomic mass is 10.2. The fraction of sp³-hybridized carbons (Fsp3) is 0.188. The fourth-order valence-electron chi connectivity index (χ4n) is 2.29. The maximum absolute atomic E-state index is 13.1. The summed E-state index contributed by atoms with van der Waals surface area (Å²) in [5.41, 5.74) is -1.27. The molecule has 0 aliphatic carbocycles. The predicted octanol–water partition coefficient (Wildman–Crippen LogP) is 3.84. The minimum absolute atomic E-state index is 0.0752. The topological polar surface area (TPSA) is 59.3 Å². The van der Waals surface area contributed by atoms with Crippen molar-refractivity contribution in [2.45, 2.75) is 12.6 Å². The number of amides is 1. The zero-order valence-corrected chi connectivity index (χ0v) is 14.7. The van der Waals surface area contributed by atoms with E-state index in [1.54, 1.807) is 6.08 Å². The summed E-state index contributed by atoms with van der Waals surface area (Å²) in [6.45, 7) is 0.197. The van der Waals surface area contributed by atoms with Gasteiger partial charge in [-0.2, -0.15) is 13.2 Å². The highest BCUT2D eigenvalue weighted by molar-refractivity contribution is 7.10. The van der Waals surface area contributed by atoms with Gasteiger partial charge in [0.15, 0.2) is 5.65 Å². The van der Waals surface area contributed by atoms with Gasteiger partial charge in [0.2, 0.25) is 5.91 Å². The monoisotopic (exact) mass is 400 g/mol. The van der Waals surface area contributed by atoms with E-state index in [-0.39, 0.29) is 35.4 Å². The van der Waals surface area contributed by atoms with Gasteiger partial charge < -0.3 is 5.32 Å². The number of rotatable bonds is 5. The smallest absolute Gasteiger partial charge is 0.352 e. The van der Waals surface area contributed by atoms with Crippen LogP contribution in [0.4, 0.5) is 13.2 Å². The number of carbonyl (C=O) groups excluding carboxylic acids is 1. The van der Waals surface area contributed by atoms with Gasteiger partial charge >= 0.3 is 6.18 Å². The first kappa shape index (κ1) is 18.4. The number of hydrogen-bond donors (Lipinski definition) is 1. The van der Waals surface area contributed by atoms with Gasteiger partial charge in [-0.05, 0) is 23.6 Å². The van der Waals surface area contributed by atoms with Crippen LogP contribution in [0, 0.1) is 0 Å². The van der Waals surface area contributed by atoms with Crippen LogP contribution in [0.15, 0.2) is 35.9 Å². The summed E-state index contributed by atoms with van der Waals surface area (Å²) in [5.74, 6) is -0.0308. The van der Waals surface area contributed by atoms with Crippen molar-refractivity contribution in [3.05, 3.63) is 57.1 Å². The maximum Gasteiger partial charge on any atom is 0.420 e. The molecule has 3 heterocycles. The molecule has 0 aromatic carbocycles. The lowest BCUT2D eigenvalue weighted by molar-refractivity contribution is -0.136. The highest BCUT2D eigenvalue weighted by Gasteiger charge is 2.35. The number of thiophene rings is 1. The highest BCUT2D eigenvalue weighted by Crippen LogP contribution is 2.33. The van der Waals surface area contributed by atoms with Crippen LogP contribution in [-0.4, -0.2) is 27.0 Å². The highest BCUT2D eigenvalue weighted by atomic mass is 35.5. The van der Waals surface area contributed by atoms with E-state index in [9.17, 15) is 18.0 Å². The Bertz CT molecular complexity index is 950. The van der Waals surface area contributed by atoms with Crippen LogP contribution in [0.3, 0.4) is 0 Å². The Kier molecular flexibility index (Phi) is 5.28. The molecule has 0 saturated heterocycles. The Balaban J connectivity index is 1.68. The van der Waals surface area contributed by atoms with Crippen molar-refractivity contribution < 1.29 is 18.0 Å². The lowest BCUT2D eigenvalue weighted by Gasteiger charge is -2.09. The number of alkyl halides is 3. The molecule has 3 aromatic rings. The number of hydrogen-bond acceptors (Lipinski definition) is 4. The molecule has 5 nitrogen and oxygen atoms in total. The van der Waals surface area contributed by atoms with Crippen LogP contribution in [0.5, 0.6) is 0 Å². The van der Waals surface area contributed by atoms with Crippen molar-refractivity contribution in [1.82, 2.24) is 19.9 Å². The van der Waals surface area contributed by atoms with Crippen LogP contribution in [0.1, 0.15) is 16.3 Å². The molecule has 136 valence electrons. The van der Waals surface area contributed by atoms with E-state index in [0.717, 1.165) is 10.9 Å².